The number of benzene rings is 2. The number of nitrogens with one attached hydrogen (secondary N) is 3. The lowest BCUT2D eigenvalue weighted by Gasteiger charge is -2.41. The van der Waals surface area contributed by atoms with Gasteiger partial charge in [-0.25, -0.2) is 8.78 Å². The van der Waals surface area contributed by atoms with E-state index >= 15 is 0 Å². The van der Waals surface area contributed by atoms with Crippen LogP contribution in [0, 0.1) is 11.6 Å². The lowest BCUT2D eigenvalue weighted by molar-refractivity contribution is -0.136. The number of allylic oxidation sites excluding steroid dienone is 1. The first kappa shape index (κ1) is 27.5. The smallest absolute Gasteiger partial charge is 0.245 e. The van der Waals surface area contributed by atoms with Gasteiger partial charge in [-0.1, -0.05) is 18.7 Å². The summed E-state index contributed by atoms with van der Waals surface area (Å²) >= 11 is 3.18. The number of amides is 2. The first-order chi connectivity index (χ1) is 18.2. The maximum Gasteiger partial charge on any atom is 0.245 e. The number of nitrogens with two attached hydrogens (primary N) is 1. The zero-order valence-electron chi connectivity index (χ0n) is 20.8. The molecule has 0 radical (unpaired) electrons. The van der Waals surface area contributed by atoms with E-state index in [9.17, 15) is 18.4 Å². The number of fused-ring (bicyclic) bond motifs is 1. The van der Waals surface area contributed by atoms with Crippen LogP contribution in [0.4, 0.5) is 8.78 Å². The average Bonchev–Trinajstić information content (AvgIpc) is 3.31. The van der Waals surface area contributed by atoms with Gasteiger partial charge in [-0.2, -0.15) is 0 Å². The first-order valence-electron chi connectivity index (χ1n) is 12.3. The van der Waals surface area contributed by atoms with Crippen LogP contribution in [-0.4, -0.2) is 53.4 Å². The third kappa shape index (κ3) is 6.31. The molecule has 0 atom stereocenters. The summed E-state index contributed by atoms with van der Waals surface area (Å²) in [5.74, 6) is -1.04. The molecule has 1 saturated heterocycles. The normalized spacial score (nSPS) is 15.1. The monoisotopic (exact) mass is 585 g/mol. The van der Waals surface area contributed by atoms with Gasteiger partial charge in [0, 0.05) is 42.4 Å². The molecule has 1 aliphatic rings. The molecule has 10 heteroatoms. The van der Waals surface area contributed by atoms with Crippen molar-refractivity contribution in [3.63, 3.8) is 0 Å². The van der Waals surface area contributed by atoms with Crippen LogP contribution in [0.2, 0.25) is 0 Å². The number of likely N-dealkylation sites (tertiary alicyclic amines) is 1. The molecule has 0 aliphatic carbocycles. The number of carbonyl (C=O) groups excluding carboxylic acids is 2. The molecular formula is C28H30BrF2N5O2. The quantitative estimate of drug-likeness (QED) is 0.285. The number of hydrogen-bond donors (Lipinski definition) is 4. The summed E-state index contributed by atoms with van der Waals surface area (Å²) in [5, 5.41) is 7.08. The molecule has 1 aromatic heterocycles. The molecule has 2 amide bonds. The highest BCUT2D eigenvalue weighted by Crippen LogP contribution is 2.25. The number of H-pyrrole nitrogens is 1. The van der Waals surface area contributed by atoms with Gasteiger partial charge in [0.15, 0.2) is 0 Å². The van der Waals surface area contributed by atoms with Crippen molar-refractivity contribution in [2.45, 2.75) is 24.8 Å². The summed E-state index contributed by atoms with van der Waals surface area (Å²) < 4.78 is 27.6. The number of hydrogen-bond acceptors (Lipinski definition) is 4. The third-order valence-electron chi connectivity index (χ3n) is 6.81. The Balaban J connectivity index is 1.45. The SMILES string of the molecule is C=C(/C=C/c1ccc(F)c(Br)c1)NC1(C(=O)NCCc2c[nH]c3ccc(F)cc23)CCN(C(=O)CN)CC1. The van der Waals surface area contributed by atoms with Crippen molar-refractivity contribution in [2.75, 3.05) is 26.2 Å². The maximum atomic E-state index is 13.7. The number of aromatic amines is 1. The molecule has 1 fully saturated rings. The molecule has 2 aromatic carbocycles. The standard InChI is InChI=1S/C28H30BrF2N5O2/c1-18(2-3-19-4-6-24(31)23(29)14-19)35-28(9-12-36(13-10-28)26(37)16-32)27(38)33-11-8-20-17-34-25-7-5-21(30)15-22(20)25/h2-7,14-15,17,34-35H,1,8-13,16,32H2,(H,33,38)/b3-2+. The Kier molecular flexibility index (Phi) is 8.63. The molecule has 38 heavy (non-hydrogen) atoms. The Morgan fingerprint density at radius 2 is 1.95 bits per heavy atom. The van der Waals surface area contributed by atoms with Crippen LogP contribution in [-0.2, 0) is 16.0 Å². The molecule has 7 nitrogen and oxygen atoms in total. The number of nitrogens with zero attached hydrogens (tertiary/aromatic N) is 1. The Hall–Kier alpha value is -3.50. The second-order valence-corrected chi connectivity index (χ2v) is 10.2. The fourth-order valence-corrected chi connectivity index (χ4v) is 5.07. The molecule has 0 bridgehead atoms. The predicted octanol–water partition coefficient (Wildman–Crippen LogP) is 4.00. The zero-order valence-corrected chi connectivity index (χ0v) is 22.4. The number of aromatic nitrogens is 1. The van der Waals surface area contributed by atoms with E-state index < -0.39 is 5.54 Å². The molecular weight excluding hydrogens is 556 g/mol. The van der Waals surface area contributed by atoms with Crippen LogP contribution in [0.15, 0.2) is 65.4 Å². The van der Waals surface area contributed by atoms with Crippen molar-refractivity contribution in [2.24, 2.45) is 5.73 Å². The van der Waals surface area contributed by atoms with E-state index in [0.29, 0.717) is 49.1 Å². The Morgan fingerprint density at radius 1 is 1.18 bits per heavy atom. The van der Waals surface area contributed by atoms with Gasteiger partial charge in [0.1, 0.15) is 17.2 Å². The predicted molar refractivity (Wildman–Crippen MR) is 148 cm³/mol. The number of rotatable bonds is 9. The van der Waals surface area contributed by atoms with E-state index in [1.165, 1.54) is 18.2 Å². The summed E-state index contributed by atoms with van der Waals surface area (Å²) in [4.78, 5) is 30.4. The van der Waals surface area contributed by atoms with Gasteiger partial charge in [0.05, 0.1) is 11.0 Å². The van der Waals surface area contributed by atoms with Crippen LogP contribution in [0.3, 0.4) is 0 Å². The fourth-order valence-electron chi connectivity index (χ4n) is 4.68. The number of halogens is 3. The summed E-state index contributed by atoms with van der Waals surface area (Å²) in [5.41, 5.74) is 7.55. The summed E-state index contributed by atoms with van der Waals surface area (Å²) in [6.07, 6.45) is 6.58. The van der Waals surface area contributed by atoms with Crippen LogP contribution in [0.25, 0.3) is 17.0 Å². The molecule has 4 rings (SSSR count). The highest BCUT2D eigenvalue weighted by Gasteiger charge is 2.42. The minimum Gasteiger partial charge on any atom is -0.372 e. The first-order valence-corrected chi connectivity index (χ1v) is 13.1. The van der Waals surface area contributed by atoms with E-state index in [4.69, 9.17) is 5.73 Å². The molecule has 200 valence electrons. The van der Waals surface area contributed by atoms with Gasteiger partial charge in [0.2, 0.25) is 11.8 Å². The van der Waals surface area contributed by atoms with E-state index in [2.05, 4.69) is 38.1 Å². The van der Waals surface area contributed by atoms with Gasteiger partial charge in [0.25, 0.3) is 0 Å². The van der Waals surface area contributed by atoms with Crippen molar-refractivity contribution in [3.05, 3.63) is 88.2 Å². The van der Waals surface area contributed by atoms with Crippen LogP contribution < -0.4 is 16.4 Å². The summed E-state index contributed by atoms with van der Waals surface area (Å²) in [7, 11) is 0. The molecule has 0 unspecified atom stereocenters. The molecule has 5 N–H and O–H groups in total. The summed E-state index contributed by atoms with van der Waals surface area (Å²) in [6, 6.07) is 9.21. The van der Waals surface area contributed by atoms with Crippen LogP contribution in [0.1, 0.15) is 24.0 Å². The van der Waals surface area contributed by atoms with Gasteiger partial charge in [-0.15, -0.1) is 0 Å². The van der Waals surface area contributed by atoms with Gasteiger partial charge < -0.3 is 26.3 Å². The lowest BCUT2D eigenvalue weighted by atomic mass is 9.85. The average molecular weight is 586 g/mol. The van der Waals surface area contributed by atoms with Gasteiger partial charge in [-0.3, -0.25) is 9.59 Å². The van der Waals surface area contributed by atoms with Crippen LogP contribution in [0.5, 0.6) is 0 Å². The zero-order chi connectivity index (χ0) is 27.3. The highest BCUT2D eigenvalue weighted by molar-refractivity contribution is 9.10. The van der Waals surface area contributed by atoms with Crippen molar-refractivity contribution < 1.29 is 18.4 Å². The minimum absolute atomic E-state index is 0.0828. The van der Waals surface area contributed by atoms with E-state index in [1.807, 2.05) is 6.20 Å². The van der Waals surface area contributed by atoms with E-state index in [1.54, 1.807) is 35.3 Å². The van der Waals surface area contributed by atoms with Crippen molar-refractivity contribution in [1.29, 1.82) is 0 Å². The van der Waals surface area contributed by atoms with Crippen molar-refractivity contribution >= 4 is 44.7 Å². The largest absolute Gasteiger partial charge is 0.372 e. The topological polar surface area (TPSA) is 103 Å². The van der Waals surface area contributed by atoms with Crippen LogP contribution >= 0.6 is 15.9 Å². The number of carbonyl (C=O) groups is 2. The summed E-state index contributed by atoms with van der Waals surface area (Å²) in [6.45, 7) is 5.08. The molecule has 1 aliphatic heterocycles. The third-order valence-corrected chi connectivity index (χ3v) is 7.42. The Morgan fingerprint density at radius 3 is 2.66 bits per heavy atom. The van der Waals surface area contributed by atoms with E-state index in [-0.39, 0.29) is 30.0 Å². The van der Waals surface area contributed by atoms with Crippen molar-refractivity contribution in [1.82, 2.24) is 20.5 Å². The Labute approximate surface area is 228 Å². The van der Waals surface area contributed by atoms with Gasteiger partial charge in [-0.05, 0) is 82.7 Å². The molecule has 2 heterocycles. The highest BCUT2D eigenvalue weighted by atomic mass is 79.9. The lowest BCUT2D eigenvalue weighted by Crippen LogP contribution is -2.62. The Bertz CT molecular complexity index is 1380. The number of piperidine rings is 1. The second kappa shape index (κ2) is 11.9. The van der Waals surface area contributed by atoms with E-state index in [0.717, 1.165) is 22.0 Å². The molecule has 3 aromatic rings. The molecule has 0 spiro atoms. The minimum atomic E-state index is -0.984. The molecule has 0 saturated carbocycles. The second-order valence-electron chi connectivity index (χ2n) is 9.33. The fraction of sp³-hybridized carbons (Fsp3) is 0.286. The maximum absolute atomic E-state index is 13.7. The van der Waals surface area contributed by atoms with Gasteiger partial charge >= 0.3 is 0 Å². The van der Waals surface area contributed by atoms with Crippen molar-refractivity contribution in [3.8, 4) is 0 Å².